The zero-order valence-electron chi connectivity index (χ0n) is 13.2. The van der Waals surface area contributed by atoms with E-state index in [-0.39, 0.29) is 5.75 Å². The first-order chi connectivity index (χ1) is 11.6. The van der Waals surface area contributed by atoms with Crippen molar-refractivity contribution in [3.63, 3.8) is 0 Å². The van der Waals surface area contributed by atoms with Crippen LogP contribution in [0.15, 0.2) is 47.6 Å². The van der Waals surface area contributed by atoms with Gasteiger partial charge in [0.25, 0.3) is 0 Å². The molecule has 0 saturated heterocycles. The number of hydrogen-bond acceptors (Lipinski definition) is 5. The summed E-state index contributed by atoms with van der Waals surface area (Å²) in [5.74, 6) is 1.01. The molecule has 3 aromatic rings. The van der Waals surface area contributed by atoms with Crippen LogP contribution in [0.25, 0.3) is 11.4 Å². The predicted octanol–water partition coefficient (Wildman–Crippen LogP) is 3.51. The van der Waals surface area contributed by atoms with E-state index in [4.69, 9.17) is 17.0 Å². The Morgan fingerprint density at radius 1 is 1.29 bits per heavy atom. The fraction of sp³-hybridized carbons (Fsp3) is 0.118. The van der Waals surface area contributed by atoms with Gasteiger partial charge in [0, 0.05) is 11.1 Å². The summed E-state index contributed by atoms with van der Waals surface area (Å²) >= 11 is 5.25. The van der Waals surface area contributed by atoms with Crippen LogP contribution < -0.4 is 4.74 Å². The van der Waals surface area contributed by atoms with E-state index in [1.807, 2.05) is 31.2 Å². The van der Waals surface area contributed by atoms with Crippen molar-refractivity contribution in [2.75, 3.05) is 7.11 Å². The van der Waals surface area contributed by atoms with Crippen molar-refractivity contribution >= 4 is 18.4 Å². The summed E-state index contributed by atoms with van der Waals surface area (Å²) in [5, 5.41) is 21.5. The summed E-state index contributed by atoms with van der Waals surface area (Å²) in [7, 11) is 1.50. The van der Waals surface area contributed by atoms with Crippen LogP contribution in [0.3, 0.4) is 0 Å². The molecule has 2 aromatic carbocycles. The number of aromatic amines is 1. The number of aromatic nitrogens is 3. The molecule has 0 unspecified atom stereocenters. The molecule has 0 aliphatic carbocycles. The number of rotatable bonds is 4. The molecule has 1 heterocycles. The van der Waals surface area contributed by atoms with Gasteiger partial charge in [-0.05, 0) is 37.3 Å². The highest BCUT2D eigenvalue weighted by molar-refractivity contribution is 7.71. The van der Waals surface area contributed by atoms with Crippen LogP contribution in [-0.4, -0.2) is 33.3 Å². The summed E-state index contributed by atoms with van der Waals surface area (Å²) in [6, 6.07) is 13.1. The van der Waals surface area contributed by atoms with Crippen molar-refractivity contribution in [1.29, 1.82) is 0 Å². The molecule has 0 spiro atoms. The van der Waals surface area contributed by atoms with Crippen molar-refractivity contribution in [2.45, 2.75) is 6.92 Å². The van der Waals surface area contributed by atoms with Crippen molar-refractivity contribution < 1.29 is 9.84 Å². The molecule has 0 radical (unpaired) electrons. The molecule has 0 fully saturated rings. The minimum atomic E-state index is 0.0240. The average Bonchev–Trinajstić information content (AvgIpc) is 2.95. The Labute approximate surface area is 144 Å². The third-order valence-corrected chi connectivity index (χ3v) is 3.75. The van der Waals surface area contributed by atoms with Gasteiger partial charge in [-0.15, -0.1) is 0 Å². The lowest BCUT2D eigenvalue weighted by atomic mass is 10.1. The number of benzene rings is 2. The number of H-pyrrole nitrogens is 1. The third-order valence-electron chi connectivity index (χ3n) is 3.49. The van der Waals surface area contributed by atoms with Gasteiger partial charge in [0.15, 0.2) is 17.3 Å². The SMILES string of the molecule is COc1cccc(/C=N/n2c(-c3cccc(C)c3)n[nH]c2=S)c1O. The topological polar surface area (TPSA) is 75.4 Å². The second-order valence-corrected chi connectivity index (χ2v) is 5.56. The largest absolute Gasteiger partial charge is 0.504 e. The lowest BCUT2D eigenvalue weighted by Gasteiger charge is -2.05. The molecule has 0 amide bonds. The number of para-hydroxylation sites is 1. The molecule has 0 aliphatic heterocycles. The highest BCUT2D eigenvalue weighted by Crippen LogP contribution is 2.28. The van der Waals surface area contributed by atoms with Gasteiger partial charge in [0.05, 0.1) is 13.3 Å². The summed E-state index contributed by atoms with van der Waals surface area (Å²) < 4.78 is 6.98. The van der Waals surface area contributed by atoms with E-state index in [0.717, 1.165) is 11.1 Å². The Kier molecular flexibility index (Phi) is 4.43. The van der Waals surface area contributed by atoms with Crippen LogP contribution in [0.4, 0.5) is 0 Å². The molecular formula is C17H16N4O2S. The van der Waals surface area contributed by atoms with Crippen LogP contribution in [0.1, 0.15) is 11.1 Å². The Balaban J connectivity index is 2.03. The Morgan fingerprint density at radius 2 is 2.08 bits per heavy atom. The lowest BCUT2D eigenvalue weighted by molar-refractivity contribution is 0.373. The van der Waals surface area contributed by atoms with Gasteiger partial charge in [0.2, 0.25) is 4.77 Å². The predicted molar refractivity (Wildman–Crippen MR) is 95.2 cm³/mol. The van der Waals surface area contributed by atoms with E-state index >= 15 is 0 Å². The van der Waals surface area contributed by atoms with Crippen molar-refractivity contribution in [2.24, 2.45) is 5.10 Å². The van der Waals surface area contributed by atoms with E-state index in [2.05, 4.69) is 15.3 Å². The van der Waals surface area contributed by atoms with Crippen molar-refractivity contribution in [1.82, 2.24) is 14.9 Å². The van der Waals surface area contributed by atoms with Gasteiger partial charge in [-0.1, -0.05) is 29.8 Å². The van der Waals surface area contributed by atoms with Crippen molar-refractivity contribution in [3.05, 3.63) is 58.4 Å². The monoisotopic (exact) mass is 340 g/mol. The number of ether oxygens (including phenoxy) is 1. The zero-order chi connectivity index (χ0) is 17.1. The molecular weight excluding hydrogens is 324 g/mol. The number of hydrogen-bond donors (Lipinski definition) is 2. The Morgan fingerprint density at radius 3 is 2.83 bits per heavy atom. The van der Waals surface area contributed by atoms with Gasteiger partial charge in [-0.3, -0.25) is 0 Å². The molecule has 0 aliphatic rings. The number of methoxy groups -OCH3 is 1. The lowest BCUT2D eigenvalue weighted by Crippen LogP contribution is -1.96. The quantitative estimate of drug-likeness (QED) is 0.563. The first kappa shape index (κ1) is 15.9. The Hall–Kier alpha value is -2.93. The van der Waals surface area contributed by atoms with E-state index in [9.17, 15) is 5.11 Å². The molecule has 0 saturated carbocycles. The van der Waals surface area contributed by atoms with E-state index in [1.165, 1.54) is 18.0 Å². The summed E-state index contributed by atoms with van der Waals surface area (Å²) in [6.45, 7) is 2.01. The van der Waals surface area contributed by atoms with Crippen LogP contribution in [0.5, 0.6) is 11.5 Å². The smallest absolute Gasteiger partial charge is 0.216 e. The maximum Gasteiger partial charge on any atom is 0.216 e. The van der Waals surface area contributed by atoms with Gasteiger partial charge in [-0.2, -0.15) is 14.9 Å². The maximum atomic E-state index is 10.1. The number of aromatic hydroxyl groups is 1. The number of phenols is 1. The summed E-state index contributed by atoms with van der Waals surface area (Å²) in [5.41, 5.74) is 2.53. The minimum absolute atomic E-state index is 0.0240. The van der Waals surface area contributed by atoms with Crippen LogP contribution in [-0.2, 0) is 0 Å². The van der Waals surface area contributed by atoms with Crippen LogP contribution >= 0.6 is 12.2 Å². The minimum Gasteiger partial charge on any atom is -0.504 e. The molecule has 1 aromatic heterocycles. The van der Waals surface area contributed by atoms with Crippen LogP contribution in [0.2, 0.25) is 0 Å². The number of nitrogens with one attached hydrogen (secondary N) is 1. The molecule has 7 heteroatoms. The van der Waals surface area contributed by atoms with Gasteiger partial charge < -0.3 is 9.84 Å². The fourth-order valence-electron chi connectivity index (χ4n) is 2.30. The number of phenolic OH excluding ortho intramolecular Hbond substituents is 1. The normalized spacial score (nSPS) is 11.1. The standard InChI is InChI=1S/C17H16N4O2S/c1-11-5-3-6-12(9-11)16-19-20-17(24)21(16)18-10-13-7-4-8-14(23-2)15(13)22/h3-10,22H,1-2H3,(H,20,24)/b18-10+. The van der Waals surface area contributed by atoms with Crippen molar-refractivity contribution in [3.8, 4) is 22.9 Å². The second kappa shape index (κ2) is 6.67. The molecule has 0 bridgehead atoms. The maximum absolute atomic E-state index is 10.1. The van der Waals surface area contributed by atoms with E-state index in [0.29, 0.717) is 21.9 Å². The zero-order valence-corrected chi connectivity index (χ0v) is 14.0. The first-order valence-electron chi connectivity index (χ1n) is 7.25. The summed E-state index contributed by atoms with van der Waals surface area (Å²) in [4.78, 5) is 0. The summed E-state index contributed by atoms with van der Waals surface area (Å²) in [6.07, 6.45) is 1.52. The number of aryl methyl sites for hydroxylation is 1. The molecule has 6 nitrogen and oxygen atoms in total. The molecule has 122 valence electrons. The third kappa shape index (κ3) is 3.07. The first-order valence-corrected chi connectivity index (χ1v) is 7.66. The van der Waals surface area contributed by atoms with Gasteiger partial charge in [0.1, 0.15) is 0 Å². The van der Waals surface area contributed by atoms with Crippen LogP contribution in [0, 0.1) is 11.7 Å². The molecule has 2 N–H and O–H groups in total. The fourth-order valence-corrected chi connectivity index (χ4v) is 2.48. The highest BCUT2D eigenvalue weighted by Gasteiger charge is 2.09. The average molecular weight is 340 g/mol. The molecule has 3 rings (SSSR count). The van der Waals surface area contributed by atoms with E-state index in [1.54, 1.807) is 18.2 Å². The number of nitrogens with zero attached hydrogens (tertiary/aromatic N) is 3. The highest BCUT2D eigenvalue weighted by atomic mass is 32.1. The van der Waals surface area contributed by atoms with Gasteiger partial charge in [-0.25, -0.2) is 5.10 Å². The van der Waals surface area contributed by atoms with E-state index < -0.39 is 0 Å². The molecule has 0 atom stereocenters. The Bertz CT molecular complexity index is 959. The molecule has 24 heavy (non-hydrogen) atoms. The second-order valence-electron chi connectivity index (χ2n) is 5.18. The van der Waals surface area contributed by atoms with Gasteiger partial charge >= 0.3 is 0 Å².